The van der Waals surface area contributed by atoms with E-state index in [4.69, 9.17) is 20.8 Å². The molecule has 7 nitrogen and oxygen atoms in total. The minimum absolute atomic E-state index is 0.350. The number of hydrogen-bond acceptors (Lipinski definition) is 7. The first-order chi connectivity index (χ1) is 16.0. The molecule has 0 N–H and O–H groups in total. The van der Waals surface area contributed by atoms with Gasteiger partial charge in [0, 0.05) is 6.54 Å². The van der Waals surface area contributed by atoms with Gasteiger partial charge in [-0.25, -0.2) is 0 Å². The van der Waals surface area contributed by atoms with Crippen LogP contribution in [0.1, 0.15) is 38.0 Å². The lowest BCUT2D eigenvalue weighted by Gasteiger charge is -2.13. The number of thioether (sulfide) groups is 1. The Labute approximate surface area is 202 Å². The van der Waals surface area contributed by atoms with Crippen molar-refractivity contribution in [1.82, 2.24) is 25.0 Å². The van der Waals surface area contributed by atoms with Crippen molar-refractivity contribution in [2.24, 2.45) is 5.92 Å². The van der Waals surface area contributed by atoms with Crippen molar-refractivity contribution in [3.05, 3.63) is 70.8 Å². The molecule has 9 heteroatoms. The fraction of sp³-hybridized carbons (Fsp3) is 0.333. The summed E-state index contributed by atoms with van der Waals surface area (Å²) in [7, 11) is 0. The molecule has 0 aliphatic heterocycles. The van der Waals surface area contributed by atoms with E-state index in [1.165, 1.54) is 17.3 Å². The highest BCUT2D eigenvalue weighted by molar-refractivity contribution is 7.98. The maximum atomic E-state index is 6.24. The highest BCUT2D eigenvalue weighted by atomic mass is 35.5. The molecular formula is C24H26ClN5O2S. The Morgan fingerprint density at radius 2 is 1.82 bits per heavy atom. The monoisotopic (exact) mass is 483 g/mol. The van der Waals surface area contributed by atoms with E-state index in [0.29, 0.717) is 35.1 Å². The van der Waals surface area contributed by atoms with Crippen molar-refractivity contribution in [2.45, 2.75) is 51.3 Å². The first kappa shape index (κ1) is 23.3. The van der Waals surface area contributed by atoms with Gasteiger partial charge in [0.25, 0.3) is 0 Å². The number of nitrogens with zero attached hydrogens (tertiary/aromatic N) is 5. The third-order valence-corrected chi connectivity index (χ3v) is 6.22. The molecule has 0 radical (unpaired) electrons. The summed E-state index contributed by atoms with van der Waals surface area (Å²) in [6.07, 6.45) is 1.00. The number of halogens is 1. The van der Waals surface area contributed by atoms with Gasteiger partial charge in [-0.15, -0.1) is 20.4 Å². The lowest BCUT2D eigenvalue weighted by atomic mass is 10.2. The van der Waals surface area contributed by atoms with E-state index in [-0.39, 0.29) is 0 Å². The van der Waals surface area contributed by atoms with E-state index >= 15 is 0 Å². The van der Waals surface area contributed by atoms with E-state index in [9.17, 15) is 0 Å². The Bertz CT molecular complexity index is 1190. The van der Waals surface area contributed by atoms with Gasteiger partial charge in [0.05, 0.1) is 16.3 Å². The molecule has 2 heterocycles. The van der Waals surface area contributed by atoms with Crippen molar-refractivity contribution < 1.29 is 9.15 Å². The van der Waals surface area contributed by atoms with Gasteiger partial charge in [0.1, 0.15) is 12.4 Å². The summed E-state index contributed by atoms with van der Waals surface area (Å²) >= 11 is 7.74. The molecule has 0 amide bonds. The van der Waals surface area contributed by atoms with Gasteiger partial charge in [0.2, 0.25) is 11.8 Å². The Morgan fingerprint density at radius 3 is 2.55 bits per heavy atom. The van der Waals surface area contributed by atoms with Crippen molar-refractivity contribution >= 4 is 23.4 Å². The van der Waals surface area contributed by atoms with Gasteiger partial charge >= 0.3 is 0 Å². The molecule has 0 saturated carbocycles. The summed E-state index contributed by atoms with van der Waals surface area (Å²) in [5.41, 5.74) is 2.00. The van der Waals surface area contributed by atoms with Gasteiger partial charge < -0.3 is 13.7 Å². The average molecular weight is 484 g/mol. The molecule has 2 aromatic carbocycles. The van der Waals surface area contributed by atoms with Crippen LogP contribution >= 0.6 is 23.4 Å². The minimum atomic E-state index is 0.350. The Morgan fingerprint density at radius 1 is 1.03 bits per heavy atom. The van der Waals surface area contributed by atoms with E-state index in [2.05, 4.69) is 57.9 Å². The van der Waals surface area contributed by atoms with Crippen LogP contribution < -0.4 is 4.74 Å². The van der Waals surface area contributed by atoms with Crippen LogP contribution in [0.25, 0.3) is 11.5 Å². The molecule has 4 aromatic rings. The SMILES string of the molecule is CCc1ccc(OCc2nnc(SCc3nnc(-c4ccccc4Cl)o3)n2CC(C)C)cc1. The topological polar surface area (TPSA) is 78.9 Å². The molecule has 0 spiro atoms. The number of aryl methyl sites for hydroxylation is 1. The van der Waals surface area contributed by atoms with Gasteiger partial charge in [-0.05, 0) is 42.2 Å². The summed E-state index contributed by atoms with van der Waals surface area (Å²) in [6.45, 7) is 7.60. The molecule has 2 aromatic heterocycles. The fourth-order valence-corrected chi connectivity index (χ4v) is 4.25. The highest BCUT2D eigenvalue weighted by Crippen LogP contribution is 2.28. The lowest BCUT2D eigenvalue weighted by molar-refractivity contribution is 0.284. The van der Waals surface area contributed by atoms with Crippen molar-refractivity contribution in [1.29, 1.82) is 0 Å². The van der Waals surface area contributed by atoms with Gasteiger partial charge in [-0.3, -0.25) is 0 Å². The van der Waals surface area contributed by atoms with Crippen LogP contribution in [0, 0.1) is 5.92 Å². The lowest BCUT2D eigenvalue weighted by Crippen LogP contribution is -2.12. The Kier molecular flexibility index (Phi) is 7.67. The van der Waals surface area contributed by atoms with Crippen molar-refractivity contribution in [3.63, 3.8) is 0 Å². The first-order valence-electron chi connectivity index (χ1n) is 10.9. The van der Waals surface area contributed by atoms with Crippen LogP contribution in [0.3, 0.4) is 0 Å². The second-order valence-electron chi connectivity index (χ2n) is 7.96. The van der Waals surface area contributed by atoms with E-state index < -0.39 is 0 Å². The molecule has 0 atom stereocenters. The maximum Gasteiger partial charge on any atom is 0.249 e. The summed E-state index contributed by atoms with van der Waals surface area (Å²) < 4.78 is 13.9. The van der Waals surface area contributed by atoms with Crippen LogP contribution in [-0.2, 0) is 25.3 Å². The number of ether oxygens (including phenoxy) is 1. The molecule has 0 unspecified atom stereocenters. The van der Waals surface area contributed by atoms with Crippen molar-refractivity contribution in [3.8, 4) is 17.2 Å². The summed E-state index contributed by atoms with van der Waals surface area (Å²) in [6, 6.07) is 15.5. The van der Waals surface area contributed by atoms with Gasteiger partial charge in [-0.1, -0.05) is 68.4 Å². The molecule has 33 heavy (non-hydrogen) atoms. The summed E-state index contributed by atoms with van der Waals surface area (Å²) in [4.78, 5) is 0. The first-order valence-corrected chi connectivity index (χ1v) is 12.2. The van der Waals surface area contributed by atoms with Crippen LogP contribution in [0.4, 0.5) is 0 Å². The van der Waals surface area contributed by atoms with E-state index in [1.54, 1.807) is 6.07 Å². The number of benzene rings is 2. The third kappa shape index (κ3) is 5.94. The Hall–Kier alpha value is -2.84. The standard InChI is InChI=1S/C24H26ClN5O2S/c1-4-17-9-11-18(12-10-17)31-14-21-26-29-24(30(21)13-16(2)3)33-15-22-27-28-23(32-22)19-7-5-6-8-20(19)25/h5-12,16H,4,13-15H2,1-3H3. The predicted octanol–water partition coefficient (Wildman–Crippen LogP) is 6.07. The van der Waals surface area contributed by atoms with Gasteiger partial charge in [0.15, 0.2) is 11.0 Å². The van der Waals surface area contributed by atoms with Crippen LogP contribution in [0.5, 0.6) is 5.75 Å². The Balaban J connectivity index is 1.44. The third-order valence-electron chi connectivity index (χ3n) is 4.94. The van der Waals surface area contributed by atoms with Gasteiger partial charge in [-0.2, -0.15) is 0 Å². The van der Waals surface area contributed by atoms with E-state index in [1.807, 2.05) is 30.3 Å². The van der Waals surface area contributed by atoms with Crippen LogP contribution in [0.15, 0.2) is 58.1 Å². The summed E-state index contributed by atoms with van der Waals surface area (Å²) in [5, 5.41) is 18.4. The zero-order chi connectivity index (χ0) is 23.2. The molecule has 0 aliphatic rings. The second-order valence-corrected chi connectivity index (χ2v) is 9.31. The van der Waals surface area contributed by atoms with Crippen LogP contribution in [0.2, 0.25) is 5.02 Å². The number of aromatic nitrogens is 5. The smallest absolute Gasteiger partial charge is 0.249 e. The van der Waals surface area contributed by atoms with E-state index in [0.717, 1.165) is 35.3 Å². The zero-order valence-corrected chi connectivity index (χ0v) is 20.4. The predicted molar refractivity (Wildman–Crippen MR) is 129 cm³/mol. The van der Waals surface area contributed by atoms with Crippen LogP contribution in [-0.4, -0.2) is 25.0 Å². The largest absolute Gasteiger partial charge is 0.486 e. The maximum absolute atomic E-state index is 6.24. The minimum Gasteiger partial charge on any atom is -0.486 e. The molecule has 4 rings (SSSR count). The number of hydrogen-bond donors (Lipinski definition) is 0. The van der Waals surface area contributed by atoms with Crippen molar-refractivity contribution in [2.75, 3.05) is 0 Å². The molecule has 172 valence electrons. The normalized spacial score (nSPS) is 11.3. The summed E-state index contributed by atoms with van der Waals surface area (Å²) in [5.74, 6) is 3.42. The molecule has 0 bridgehead atoms. The quantitative estimate of drug-likeness (QED) is 0.253. The molecule has 0 fully saturated rings. The second kappa shape index (κ2) is 10.9. The fourth-order valence-electron chi connectivity index (χ4n) is 3.23. The zero-order valence-electron chi connectivity index (χ0n) is 18.9. The number of rotatable bonds is 10. The molecular weight excluding hydrogens is 458 g/mol. The highest BCUT2D eigenvalue weighted by Gasteiger charge is 2.17. The molecule has 0 aliphatic carbocycles. The average Bonchev–Trinajstić information content (AvgIpc) is 3.43. The molecule has 0 saturated heterocycles.